The Labute approximate surface area is 96.6 Å². The van der Waals surface area contributed by atoms with E-state index < -0.39 is 0 Å². The van der Waals surface area contributed by atoms with E-state index in [1.54, 1.807) is 12.3 Å². The van der Waals surface area contributed by atoms with Gasteiger partial charge in [0, 0.05) is 25.4 Å². The minimum Gasteiger partial charge on any atom is -0.396 e. The Hall–Kier alpha value is -1.13. The molecule has 4 heteroatoms. The predicted molar refractivity (Wildman–Crippen MR) is 64.3 cm³/mol. The molecule has 0 radical (unpaired) electrons. The van der Waals surface area contributed by atoms with Crippen molar-refractivity contribution in [1.29, 1.82) is 0 Å². The molecule has 16 heavy (non-hydrogen) atoms. The molecule has 0 aliphatic carbocycles. The van der Waals surface area contributed by atoms with Crippen LogP contribution < -0.4 is 4.90 Å². The lowest BCUT2D eigenvalue weighted by atomic mass is 10.2. The molecular weight excluding hydrogens is 204 g/mol. The second kappa shape index (κ2) is 6.45. The van der Waals surface area contributed by atoms with Crippen molar-refractivity contribution in [2.45, 2.75) is 32.9 Å². The molecule has 1 heterocycles. The summed E-state index contributed by atoms with van der Waals surface area (Å²) >= 11 is 0. The average Bonchev–Trinajstić information content (AvgIpc) is 2.29. The first-order valence-corrected chi connectivity index (χ1v) is 5.62. The highest BCUT2D eigenvalue weighted by Gasteiger charge is 2.11. The van der Waals surface area contributed by atoms with Crippen LogP contribution in [0, 0.1) is 0 Å². The summed E-state index contributed by atoms with van der Waals surface area (Å²) < 4.78 is 0. The van der Waals surface area contributed by atoms with Gasteiger partial charge in [-0.05, 0) is 38.0 Å². The molecule has 0 unspecified atom stereocenters. The first kappa shape index (κ1) is 12.9. The normalized spacial score (nSPS) is 10.8. The highest BCUT2D eigenvalue weighted by molar-refractivity contribution is 5.41. The van der Waals surface area contributed by atoms with Crippen LogP contribution in [0.2, 0.25) is 0 Å². The van der Waals surface area contributed by atoms with E-state index in [2.05, 4.69) is 23.7 Å². The predicted octanol–water partition coefficient (Wildman–Crippen LogP) is 1.17. The molecule has 0 atom stereocenters. The van der Waals surface area contributed by atoms with Crippen LogP contribution in [0.4, 0.5) is 5.82 Å². The molecule has 1 aromatic rings. The van der Waals surface area contributed by atoms with Crippen molar-refractivity contribution in [3.05, 3.63) is 23.9 Å². The van der Waals surface area contributed by atoms with Crippen molar-refractivity contribution >= 4 is 5.82 Å². The van der Waals surface area contributed by atoms with Crippen molar-refractivity contribution in [3.8, 4) is 0 Å². The number of aliphatic hydroxyl groups excluding tert-OH is 2. The van der Waals surface area contributed by atoms with E-state index in [0.29, 0.717) is 6.04 Å². The number of aliphatic hydroxyl groups is 2. The monoisotopic (exact) mass is 224 g/mol. The third kappa shape index (κ3) is 3.47. The fourth-order valence-electron chi connectivity index (χ4n) is 1.59. The highest BCUT2D eigenvalue weighted by Crippen LogP contribution is 2.15. The average molecular weight is 224 g/mol. The van der Waals surface area contributed by atoms with Gasteiger partial charge < -0.3 is 15.1 Å². The van der Waals surface area contributed by atoms with Gasteiger partial charge in [0.25, 0.3) is 0 Å². The second-order valence-corrected chi connectivity index (χ2v) is 4.04. The van der Waals surface area contributed by atoms with Gasteiger partial charge in [0.2, 0.25) is 0 Å². The molecule has 0 aliphatic heterocycles. The number of hydrogen-bond acceptors (Lipinski definition) is 4. The lowest BCUT2D eigenvalue weighted by Crippen LogP contribution is -2.33. The molecule has 0 bridgehead atoms. The lowest BCUT2D eigenvalue weighted by molar-refractivity contribution is 0.281. The summed E-state index contributed by atoms with van der Waals surface area (Å²) in [4.78, 5) is 6.42. The van der Waals surface area contributed by atoms with Crippen LogP contribution in [0.25, 0.3) is 0 Å². The van der Waals surface area contributed by atoms with E-state index in [1.165, 1.54) is 0 Å². The van der Waals surface area contributed by atoms with Crippen molar-refractivity contribution < 1.29 is 10.2 Å². The van der Waals surface area contributed by atoms with Crippen LogP contribution in [-0.2, 0) is 6.61 Å². The minimum atomic E-state index is 0.0292. The van der Waals surface area contributed by atoms with E-state index in [-0.39, 0.29) is 13.2 Å². The Balaban J connectivity index is 2.82. The summed E-state index contributed by atoms with van der Waals surface area (Å²) in [6.45, 7) is 5.16. The van der Waals surface area contributed by atoms with Crippen molar-refractivity contribution in [2.24, 2.45) is 0 Å². The Kier molecular flexibility index (Phi) is 5.22. The zero-order valence-corrected chi connectivity index (χ0v) is 9.93. The zero-order chi connectivity index (χ0) is 12.0. The number of anilines is 1. The first-order valence-electron chi connectivity index (χ1n) is 5.62. The maximum Gasteiger partial charge on any atom is 0.129 e. The summed E-state index contributed by atoms with van der Waals surface area (Å²) in [5.74, 6) is 0.856. The molecule has 1 rings (SSSR count). The fourth-order valence-corrected chi connectivity index (χ4v) is 1.59. The number of pyridine rings is 1. The molecule has 0 amide bonds. The van der Waals surface area contributed by atoms with Gasteiger partial charge in [0.1, 0.15) is 5.82 Å². The molecule has 0 saturated heterocycles. The Morgan fingerprint density at radius 2 is 2.12 bits per heavy atom. The maximum atomic E-state index is 9.07. The van der Waals surface area contributed by atoms with Crippen LogP contribution >= 0.6 is 0 Å². The number of rotatable bonds is 6. The van der Waals surface area contributed by atoms with Crippen LogP contribution in [-0.4, -0.2) is 34.4 Å². The first-order chi connectivity index (χ1) is 7.69. The SMILES string of the molecule is CC(C)N(CCCO)c1cc(CO)ccn1. The van der Waals surface area contributed by atoms with E-state index >= 15 is 0 Å². The summed E-state index contributed by atoms with van der Waals surface area (Å²) in [6.07, 6.45) is 2.43. The molecule has 0 spiro atoms. The molecule has 0 aliphatic rings. The van der Waals surface area contributed by atoms with Crippen LogP contribution in [0.3, 0.4) is 0 Å². The standard InChI is InChI=1S/C12H20N2O2/c1-10(2)14(6-3-7-15)12-8-11(9-16)4-5-13-12/h4-5,8,10,15-16H,3,6-7,9H2,1-2H3. The van der Waals surface area contributed by atoms with Gasteiger partial charge >= 0.3 is 0 Å². The third-order valence-corrected chi connectivity index (χ3v) is 2.47. The van der Waals surface area contributed by atoms with Gasteiger partial charge in [-0.15, -0.1) is 0 Å². The molecule has 90 valence electrons. The van der Waals surface area contributed by atoms with Gasteiger partial charge in [0.05, 0.1) is 6.61 Å². The van der Waals surface area contributed by atoms with Crippen LogP contribution in [0.1, 0.15) is 25.8 Å². The molecule has 1 aromatic heterocycles. The quantitative estimate of drug-likeness (QED) is 0.761. The van der Waals surface area contributed by atoms with E-state index in [4.69, 9.17) is 10.2 Å². The smallest absolute Gasteiger partial charge is 0.129 e. The minimum absolute atomic E-state index is 0.0292. The molecular formula is C12H20N2O2. The molecule has 0 saturated carbocycles. The second-order valence-electron chi connectivity index (χ2n) is 4.04. The van der Waals surface area contributed by atoms with Gasteiger partial charge in [-0.25, -0.2) is 4.98 Å². The molecule has 4 nitrogen and oxygen atoms in total. The fraction of sp³-hybridized carbons (Fsp3) is 0.583. The largest absolute Gasteiger partial charge is 0.396 e. The van der Waals surface area contributed by atoms with Crippen LogP contribution in [0.15, 0.2) is 18.3 Å². The lowest BCUT2D eigenvalue weighted by Gasteiger charge is -2.27. The molecule has 2 N–H and O–H groups in total. The van der Waals surface area contributed by atoms with E-state index in [0.717, 1.165) is 24.3 Å². The van der Waals surface area contributed by atoms with Crippen molar-refractivity contribution in [2.75, 3.05) is 18.1 Å². The highest BCUT2D eigenvalue weighted by atomic mass is 16.3. The van der Waals surface area contributed by atoms with Crippen LogP contribution in [0.5, 0.6) is 0 Å². The summed E-state index contributed by atoms with van der Waals surface area (Å²) in [5.41, 5.74) is 0.861. The van der Waals surface area contributed by atoms with Gasteiger partial charge in [-0.3, -0.25) is 0 Å². The molecule has 0 fully saturated rings. The maximum absolute atomic E-state index is 9.07. The topological polar surface area (TPSA) is 56.6 Å². The number of nitrogens with zero attached hydrogens (tertiary/aromatic N) is 2. The van der Waals surface area contributed by atoms with Crippen molar-refractivity contribution in [1.82, 2.24) is 4.98 Å². The summed E-state index contributed by atoms with van der Waals surface area (Å²) in [7, 11) is 0. The van der Waals surface area contributed by atoms with E-state index in [1.807, 2.05) is 6.07 Å². The summed E-state index contributed by atoms with van der Waals surface area (Å²) in [5, 5.41) is 17.9. The van der Waals surface area contributed by atoms with Gasteiger partial charge in [-0.1, -0.05) is 0 Å². The van der Waals surface area contributed by atoms with Gasteiger partial charge in [-0.2, -0.15) is 0 Å². The summed E-state index contributed by atoms with van der Waals surface area (Å²) in [6, 6.07) is 4.01. The number of aromatic nitrogens is 1. The Morgan fingerprint density at radius 3 is 2.69 bits per heavy atom. The zero-order valence-electron chi connectivity index (χ0n) is 9.93. The molecule has 0 aromatic carbocycles. The van der Waals surface area contributed by atoms with Gasteiger partial charge in [0.15, 0.2) is 0 Å². The van der Waals surface area contributed by atoms with Crippen molar-refractivity contribution in [3.63, 3.8) is 0 Å². The Morgan fingerprint density at radius 1 is 1.38 bits per heavy atom. The van der Waals surface area contributed by atoms with E-state index in [9.17, 15) is 0 Å². The Bertz CT molecular complexity index is 316. The number of hydrogen-bond donors (Lipinski definition) is 2. The third-order valence-electron chi connectivity index (χ3n) is 2.47.